The summed E-state index contributed by atoms with van der Waals surface area (Å²) in [6, 6.07) is 19.0. The van der Waals surface area contributed by atoms with E-state index < -0.39 is 0 Å². The minimum absolute atomic E-state index is 0.319. The van der Waals surface area contributed by atoms with Crippen molar-refractivity contribution in [3.05, 3.63) is 65.7 Å². The van der Waals surface area contributed by atoms with Gasteiger partial charge in [0.25, 0.3) is 0 Å². The summed E-state index contributed by atoms with van der Waals surface area (Å²) >= 11 is 5.47. The van der Waals surface area contributed by atoms with E-state index >= 15 is 0 Å². The molecule has 0 bridgehead atoms. The van der Waals surface area contributed by atoms with Crippen LogP contribution in [-0.4, -0.2) is 36.8 Å². The lowest BCUT2D eigenvalue weighted by molar-refractivity contribution is 0.245. The lowest BCUT2D eigenvalue weighted by Crippen LogP contribution is -2.41. The minimum atomic E-state index is 0.319. The highest BCUT2D eigenvalue weighted by Crippen LogP contribution is 2.26. The van der Waals surface area contributed by atoms with Crippen LogP contribution in [-0.2, 0) is 6.54 Å². The first-order valence-corrected chi connectivity index (χ1v) is 9.61. The Hall–Kier alpha value is -2.11. The molecule has 1 fully saturated rings. The number of methoxy groups -OCH3 is 1. The highest BCUT2D eigenvalue weighted by Gasteiger charge is 2.23. The van der Waals surface area contributed by atoms with Gasteiger partial charge < -0.3 is 15.4 Å². The maximum atomic E-state index is 5.47. The highest BCUT2D eigenvalue weighted by molar-refractivity contribution is 7.80. The Morgan fingerprint density at radius 3 is 2.38 bits per heavy atom. The fourth-order valence-corrected chi connectivity index (χ4v) is 3.52. The number of likely N-dealkylation sites (tertiary alicyclic amines) is 1. The summed E-state index contributed by atoms with van der Waals surface area (Å²) in [6.45, 7) is 3.82. The molecule has 2 aromatic carbocycles. The number of benzene rings is 2. The number of ether oxygens (including phenoxy) is 1. The van der Waals surface area contributed by atoms with E-state index in [0.717, 1.165) is 31.9 Å². The smallest absolute Gasteiger partial charge is 0.166 e. The predicted octanol–water partition coefficient (Wildman–Crippen LogP) is 3.50. The van der Waals surface area contributed by atoms with E-state index in [9.17, 15) is 0 Å². The number of nitrogens with one attached hydrogen (secondary N) is 2. The molecule has 0 unspecified atom stereocenters. The predicted molar refractivity (Wildman–Crippen MR) is 110 cm³/mol. The van der Waals surface area contributed by atoms with Crippen LogP contribution in [0.25, 0.3) is 0 Å². The maximum Gasteiger partial charge on any atom is 0.166 e. The molecule has 3 rings (SSSR count). The van der Waals surface area contributed by atoms with Crippen molar-refractivity contribution >= 4 is 17.3 Å². The molecule has 4 nitrogen and oxygen atoms in total. The maximum absolute atomic E-state index is 5.47. The Labute approximate surface area is 161 Å². The first kappa shape index (κ1) is 18.7. The van der Waals surface area contributed by atoms with Gasteiger partial charge in [-0.05, 0) is 61.4 Å². The molecule has 1 atom stereocenters. The standard InChI is InChI=1S/C21H27N3OS/c1-25-19-11-9-18(10-12-19)20(24-13-5-6-14-24)16-23-21(26)22-15-17-7-3-2-4-8-17/h2-4,7-12,20H,5-6,13-16H2,1H3,(H2,22,23,26)/t20-/m1/s1. The molecule has 138 valence electrons. The van der Waals surface area contributed by atoms with Crippen LogP contribution in [0.5, 0.6) is 5.75 Å². The van der Waals surface area contributed by atoms with Crippen molar-refractivity contribution in [2.45, 2.75) is 25.4 Å². The molecule has 1 saturated heterocycles. The Morgan fingerprint density at radius 1 is 1.04 bits per heavy atom. The summed E-state index contributed by atoms with van der Waals surface area (Å²) < 4.78 is 5.29. The zero-order valence-electron chi connectivity index (χ0n) is 15.3. The van der Waals surface area contributed by atoms with Crippen LogP contribution in [0.15, 0.2) is 54.6 Å². The van der Waals surface area contributed by atoms with Crippen LogP contribution < -0.4 is 15.4 Å². The topological polar surface area (TPSA) is 36.5 Å². The molecule has 2 aromatic rings. The second-order valence-corrected chi connectivity index (χ2v) is 6.99. The van der Waals surface area contributed by atoms with Crippen LogP contribution in [0.1, 0.15) is 30.0 Å². The van der Waals surface area contributed by atoms with Crippen molar-refractivity contribution in [1.82, 2.24) is 15.5 Å². The van der Waals surface area contributed by atoms with E-state index in [4.69, 9.17) is 17.0 Å². The Kier molecular flexibility index (Phi) is 6.86. The second kappa shape index (κ2) is 9.55. The van der Waals surface area contributed by atoms with Crippen molar-refractivity contribution in [3.8, 4) is 5.75 Å². The summed E-state index contributed by atoms with van der Waals surface area (Å²) in [5.74, 6) is 0.891. The van der Waals surface area contributed by atoms with Crippen LogP contribution in [0.4, 0.5) is 0 Å². The van der Waals surface area contributed by atoms with Gasteiger partial charge in [-0.15, -0.1) is 0 Å². The largest absolute Gasteiger partial charge is 0.497 e. The molecule has 0 radical (unpaired) electrons. The molecule has 0 amide bonds. The summed E-state index contributed by atoms with van der Waals surface area (Å²) in [4.78, 5) is 2.54. The van der Waals surface area contributed by atoms with Gasteiger partial charge in [-0.25, -0.2) is 0 Å². The Balaban J connectivity index is 1.57. The fraction of sp³-hybridized carbons (Fsp3) is 0.381. The Bertz CT molecular complexity index is 684. The number of nitrogens with zero attached hydrogens (tertiary/aromatic N) is 1. The summed E-state index contributed by atoms with van der Waals surface area (Å²) in [5, 5.41) is 7.40. The Morgan fingerprint density at radius 2 is 1.73 bits per heavy atom. The molecule has 1 aliphatic heterocycles. The third-order valence-electron chi connectivity index (χ3n) is 4.83. The number of hydrogen-bond donors (Lipinski definition) is 2. The molecular formula is C21H27N3OS. The lowest BCUT2D eigenvalue weighted by Gasteiger charge is -2.29. The van der Waals surface area contributed by atoms with Crippen molar-refractivity contribution in [3.63, 3.8) is 0 Å². The summed E-state index contributed by atoms with van der Waals surface area (Å²) in [6.07, 6.45) is 2.53. The highest BCUT2D eigenvalue weighted by atomic mass is 32.1. The van der Waals surface area contributed by atoms with Crippen LogP contribution in [0.2, 0.25) is 0 Å². The van der Waals surface area contributed by atoms with Gasteiger partial charge >= 0.3 is 0 Å². The van der Waals surface area contributed by atoms with Crippen molar-refractivity contribution in [2.75, 3.05) is 26.7 Å². The second-order valence-electron chi connectivity index (χ2n) is 6.58. The molecule has 0 aromatic heterocycles. The van der Waals surface area contributed by atoms with Gasteiger partial charge in [-0.1, -0.05) is 42.5 Å². The average Bonchev–Trinajstić information content (AvgIpc) is 3.22. The first-order chi connectivity index (χ1) is 12.8. The summed E-state index contributed by atoms with van der Waals surface area (Å²) in [7, 11) is 1.70. The van der Waals surface area contributed by atoms with Crippen molar-refractivity contribution in [2.24, 2.45) is 0 Å². The molecular weight excluding hydrogens is 342 g/mol. The molecule has 1 heterocycles. The normalized spacial score (nSPS) is 15.4. The summed E-state index contributed by atoms with van der Waals surface area (Å²) in [5.41, 5.74) is 2.52. The van der Waals surface area contributed by atoms with E-state index in [1.54, 1.807) is 7.11 Å². The molecule has 5 heteroatoms. The van der Waals surface area contributed by atoms with Crippen LogP contribution in [0, 0.1) is 0 Å². The average molecular weight is 370 g/mol. The molecule has 1 aliphatic rings. The molecule has 0 saturated carbocycles. The molecule has 26 heavy (non-hydrogen) atoms. The number of thiocarbonyl (C=S) groups is 1. The van der Waals surface area contributed by atoms with Crippen molar-refractivity contribution < 1.29 is 4.74 Å². The van der Waals surface area contributed by atoms with Crippen LogP contribution >= 0.6 is 12.2 Å². The lowest BCUT2D eigenvalue weighted by atomic mass is 10.1. The quantitative estimate of drug-likeness (QED) is 0.731. The van der Waals surface area contributed by atoms with E-state index in [1.165, 1.54) is 24.0 Å². The molecule has 0 aliphatic carbocycles. The van der Waals surface area contributed by atoms with Gasteiger partial charge in [0.05, 0.1) is 13.2 Å². The van der Waals surface area contributed by atoms with E-state index in [2.05, 4.69) is 39.8 Å². The van der Waals surface area contributed by atoms with Gasteiger partial charge in [0.2, 0.25) is 0 Å². The van der Waals surface area contributed by atoms with Gasteiger partial charge in [-0.2, -0.15) is 0 Å². The van der Waals surface area contributed by atoms with Gasteiger partial charge in [0.15, 0.2) is 5.11 Å². The van der Waals surface area contributed by atoms with E-state index in [0.29, 0.717) is 11.2 Å². The van der Waals surface area contributed by atoms with E-state index in [-0.39, 0.29) is 0 Å². The van der Waals surface area contributed by atoms with Gasteiger partial charge in [0, 0.05) is 13.1 Å². The number of hydrogen-bond acceptors (Lipinski definition) is 3. The SMILES string of the molecule is COc1ccc([C@@H](CNC(=S)NCc2ccccc2)N2CCCC2)cc1. The molecule has 2 N–H and O–H groups in total. The number of rotatable bonds is 7. The molecule has 0 spiro atoms. The third-order valence-corrected chi connectivity index (χ3v) is 5.12. The van der Waals surface area contributed by atoms with E-state index in [1.807, 2.05) is 30.3 Å². The zero-order chi connectivity index (χ0) is 18.2. The fourth-order valence-electron chi connectivity index (χ4n) is 3.37. The van der Waals surface area contributed by atoms with Crippen LogP contribution in [0.3, 0.4) is 0 Å². The zero-order valence-corrected chi connectivity index (χ0v) is 16.1. The first-order valence-electron chi connectivity index (χ1n) is 9.20. The van der Waals surface area contributed by atoms with Gasteiger partial charge in [-0.3, -0.25) is 4.90 Å². The van der Waals surface area contributed by atoms with Crippen molar-refractivity contribution in [1.29, 1.82) is 0 Å². The monoisotopic (exact) mass is 369 g/mol. The third kappa shape index (κ3) is 5.19. The minimum Gasteiger partial charge on any atom is -0.497 e. The van der Waals surface area contributed by atoms with Gasteiger partial charge in [0.1, 0.15) is 5.75 Å².